The number of pyridine rings is 1. The molecular formula is C18H24N6O. The van der Waals surface area contributed by atoms with Gasteiger partial charge in [0.15, 0.2) is 0 Å². The summed E-state index contributed by atoms with van der Waals surface area (Å²) in [5.41, 5.74) is 1.02. The molecule has 2 aromatic heterocycles. The zero-order chi connectivity index (χ0) is 17.8. The molecule has 7 nitrogen and oxygen atoms in total. The van der Waals surface area contributed by atoms with Crippen LogP contribution in [0.1, 0.15) is 23.9 Å². The minimum Gasteiger partial charge on any atom is -0.348 e. The van der Waals surface area contributed by atoms with Crippen LogP contribution in [0.3, 0.4) is 0 Å². The predicted octanol–water partition coefficient (Wildman–Crippen LogP) is 1.80. The van der Waals surface area contributed by atoms with Gasteiger partial charge in [-0.1, -0.05) is 6.07 Å². The normalized spacial score (nSPS) is 17.5. The quantitative estimate of drug-likeness (QED) is 0.895. The summed E-state index contributed by atoms with van der Waals surface area (Å²) in [5.74, 6) is 2.71. The van der Waals surface area contributed by atoms with Crippen molar-refractivity contribution < 1.29 is 4.79 Å². The second-order valence-electron chi connectivity index (χ2n) is 6.57. The molecule has 1 unspecified atom stereocenters. The summed E-state index contributed by atoms with van der Waals surface area (Å²) >= 11 is 0. The van der Waals surface area contributed by atoms with Gasteiger partial charge in [0.25, 0.3) is 0 Å². The van der Waals surface area contributed by atoms with Crippen molar-refractivity contribution in [3.63, 3.8) is 0 Å². The Bertz CT molecular complexity index is 734. The van der Waals surface area contributed by atoms with Crippen LogP contribution in [0.25, 0.3) is 0 Å². The summed E-state index contributed by atoms with van der Waals surface area (Å²) in [6.45, 7) is 4.12. The number of likely N-dealkylation sites (tertiary alicyclic amines) is 1. The Labute approximate surface area is 148 Å². The number of carbonyl (C=O) groups is 1. The molecule has 3 rings (SSSR count). The Hall–Kier alpha value is -2.54. The summed E-state index contributed by atoms with van der Waals surface area (Å²) in [5, 5.41) is 3.23. The molecule has 25 heavy (non-hydrogen) atoms. The largest absolute Gasteiger partial charge is 0.348 e. The van der Waals surface area contributed by atoms with Crippen molar-refractivity contribution in [3.8, 4) is 0 Å². The second-order valence-corrected chi connectivity index (χ2v) is 6.57. The number of amides is 1. The molecule has 0 spiro atoms. The Balaban J connectivity index is 1.69. The summed E-state index contributed by atoms with van der Waals surface area (Å²) in [6.07, 6.45) is 2.74. The summed E-state index contributed by atoms with van der Waals surface area (Å²) in [7, 11) is 3.58. The number of carbonyl (C=O) groups excluding carboxylic acids is 1. The summed E-state index contributed by atoms with van der Waals surface area (Å²) in [6, 6.07) is 7.70. The van der Waals surface area contributed by atoms with E-state index in [9.17, 15) is 4.79 Å². The lowest BCUT2D eigenvalue weighted by Crippen LogP contribution is -2.35. The number of anilines is 2. The third-order valence-corrected chi connectivity index (χ3v) is 4.33. The van der Waals surface area contributed by atoms with Gasteiger partial charge in [-0.2, -0.15) is 0 Å². The van der Waals surface area contributed by atoms with Gasteiger partial charge in [-0.3, -0.25) is 9.69 Å². The van der Waals surface area contributed by atoms with Crippen LogP contribution in [0.2, 0.25) is 0 Å². The number of hydrogen-bond donors (Lipinski definition) is 1. The van der Waals surface area contributed by atoms with E-state index in [0.717, 1.165) is 42.7 Å². The monoisotopic (exact) mass is 340 g/mol. The van der Waals surface area contributed by atoms with Gasteiger partial charge in [-0.15, -0.1) is 0 Å². The Morgan fingerprint density at radius 1 is 1.32 bits per heavy atom. The third-order valence-electron chi connectivity index (χ3n) is 4.33. The van der Waals surface area contributed by atoms with Crippen LogP contribution in [0, 0.1) is 6.92 Å². The smallest absolute Gasteiger partial charge is 0.236 e. The lowest BCUT2D eigenvalue weighted by Gasteiger charge is -2.18. The van der Waals surface area contributed by atoms with Crippen molar-refractivity contribution in [2.45, 2.75) is 19.3 Å². The van der Waals surface area contributed by atoms with E-state index in [2.05, 4.69) is 25.2 Å². The molecule has 0 saturated carbocycles. The zero-order valence-electron chi connectivity index (χ0n) is 14.9. The highest BCUT2D eigenvalue weighted by Crippen LogP contribution is 2.27. The summed E-state index contributed by atoms with van der Waals surface area (Å²) < 4.78 is 0. The minimum atomic E-state index is 0.136. The van der Waals surface area contributed by atoms with Gasteiger partial charge in [0.1, 0.15) is 17.5 Å². The molecule has 1 fully saturated rings. The molecule has 132 valence electrons. The van der Waals surface area contributed by atoms with E-state index in [4.69, 9.17) is 0 Å². The Kier molecular flexibility index (Phi) is 5.23. The molecule has 1 atom stereocenters. The fourth-order valence-electron chi connectivity index (χ4n) is 2.98. The first-order chi connectivity index (χ1) is 12.0. The fraction of sp³-hybridized carbons (Fsp3) is 0.444. The average molecular weight is 340 g/mol. The lowest BCUT2D eigenvalue weighted by atomic mass is 10.0. The highest BCUT2D eigenvalue weighted by atomic mass is 16.2. The topological polar surface area (TPSA) is 74.2 Å². The maximum atomic E-state index is 11.9. The number of aryl methyl sites for hydroxylation is 1. The predicted molar refractivity (Wildman–Crippen MR) is 96.8 cm³/mol. The Morgan fingerprint density at radius 2 is 2.16 bits per heavy atom. The fourth-order valence-corrected chi connectivity index (χ4v) is 2.98. The number of hydrogen-bond acceptors (Lipinski definition) is 6. The molecule has 2 aromatic rings. The van der Waals surface area contributed by atoms with Gasteiger partial charge >= 0.3 is 0 Å². The highest BCUT2D eigenvalue weighted by Gasteiger charge is 2.27. The summed E-state index contributed by atoms with van der Waals surface area (Å²) in [4.78, 5) is 29.1. The second kappa shape index (κ2) is 7.57. The van der Waals surface area contributed by atoms with Crippen molar-refractivity contribution >= 4 is 17.5 Å². The number of nitrogens with zero attached hydrogens (tertiary/aromatic N) is 5. The third kappa shape index (κ3) is 4.51. The van der Waals surface area contributed by atoms with Crippen molar-refractivity contribution in [3.05, 3.63) is 42.0 Å². The van der Waals surface area contributed by atoms with E-state index in [1.165, 1.54) is 0 Å². The van der Waals surface area contributed by atoms with Crippen LogP contribution in [0.4, 0.5) is 11.6 Å². The van der Waals surface area contributed by atoms with E-state index in [1.54, 1.807) is 25.2 Å². The number of likely N-dealkylation sites (N-methyl/N-ethyl adjacent to an activating group) is 1. The van der Waals surface area contributed by atoms with Gasteiger partial charge in [0, 0.05) is 38.8 Å². The SMILES string of the molecule is Cc1nc(Nc2ccccn2)cc(C2CCN(CC(=O)N(C)C)C2)n1. The molecule has 3 heterocycles. The minimum absolute atomic E-state index is 0.136. The average Bonchev–Trinajstić information content (AvgIpc) is 3.03. The van der Waals surface area contributed by atoms with Gasteiger partial charge in [0.05, 0.1) is 12.2 Å². The molecule has 0 aliphatic carbocycles. The van der Waals surface area contributed by atoms with Crippen LogP contribution >= 0.6 is 0 Å². The molecule has 0 bridgehead atoms. The van der Waals surface area contributed by atoms with Crippen LogP contribution in [0.15, 0.2) is 30.5 Å². The molecular weight excluding hydrogens is 316 g/mol. The molecule has 7 heteroatoms. The maximum absolute atomic E-state index is 11.9. The number of nitrogens with one attached hydrogen (secondary N) is 1. The van der Waals surface area contributed by atoms with E-state index in [-0.39, 0.29) is 5.91 Å². The van der Waals surface area contributed by atoms with Crippen molar-refractivity contribution in [1.82, 2.24) is 24.8 Å². The first-order valence-corrected chi connectivity index (χ1v) is 8.47. The molecule has 1 amide bonds. The first-order valence-electron chi connectivity index (χ1n) is 8.47. The lowest BCUT2D eigenvalue weighted by molar-refractivity contribution is -0.129. The Morgan fingerprint density at radius 3 is 2.88 bits per heavy atom. The van der Waals surface area contributed by atoms with Crippen LogP contribution in [-0.2, 0) is 4.79 Å². The van der Waals surface area contributed by atoms with E-state index >= 15 is 0 Å². The molecule has 1 aliphatic heterocycles. The molecule has 1 aliphatic rings. The zero-order valence-corrected chi connectivity index (χ0v) is 14.9. The van der Waals surface area contributed by atoms with Gasteiger partial charge in [0.2, 0.25) is 5.91 Å². The number of aromatic nitrogens is 3. The molecule has 0 radical (unpaired) electrons. The maximum Gasteiger partial charge on any atom is 0.236 e. The van der Waals surface area contributed by atoms with Crippen LogP contribution in [-0.4, -0.2) is 64.4 Å². The standard InChI is InChI=1S/C18H24N6O/c1-13-20-15(10-17(21-13)22-16-6-4-5-8-19-16)14-7-9-24(11-14)12-18(25)23(2)3/h4-6,8,10,14H,7,9,11-12H2,1-3H3,(H,19,20,21,22). The van der Waals surface area contributed by atoms with E-state index in [0.29, 0.717) is 12.5 Å². The van der Waals surface area contributed by atoms with Crippen molar-refractivity contribution in [1.29, 1.82) is 0 Å². The van der Waals surface area contributed by atoms with Gasteiger partial charge in [-0.25, -0.2) is 15.0 Å². The van der Waals surface area contributed by atoms with Gasteiger partial charge in [-0.05, 0) is 32.0 Å². The van der Waals surface area contributed by atoms with Crippen molar-refractivity contribution in [2.24, 2.45) is 0 Å². The first kappa shape index (κ1) is 17.3. The van der Waals surface area contributed by atoms with Crippen molar-refractivity contribution in [2.75, 3.05) is 39.0 Å². The number of rotatable bonds is 5. The molecule has 1 N–H and O–H groups in total. The molecule has 1 saturated heterocycles. The highest BCUT2D eigenvalue weighted by molar-refractivity contribution is 5.77. The van der Waals surface area contributed by atoms with Gasteiger partial charge < -0.3 is 10.2 Å². The van der Waals surface area contributed by atoms with E-state index in [1.807, 2.05) is 31.2 Å². The van der Waals surface area contributed by atoms with Crippen LogP contribution in [0.5, 0.6) is 0 Å². The van der Waals surface area contributed by atoms with E-state index < -0.39 is 0 Å². The molecule has 0 aromatic carbocycles. The van der Waals surface area contributed by atoms with Crippen LogP contribution < -0.4 is 5.32 Å².